The molecule has 1 atom stereocenters. The number of hydrogen-bond donors (Lipinski definition) is 2. The first kappa shape index (κ1) is 20.9. The molecule has 1 aromatic rings. The van der Waals surface area contributed by atoms with Crippen LogP contribution in [0.1, 0.15) is 13.8 Å². The third-order valence-corrected chi connectivity index (χ3v) is 5.19. The van der Waals surface area contributed by atoms with Crippen LogP contribution in [0, 0.1) is 18.3 Å². The number of halogens is 1. The Morgan fingerprint density at radius 3 is 2.44 bits per heavy atom. The van der Waals surface area contributed by atoms with Crippen molar-refractivity contribution in [3.63, 3.8) is 0 Å². The van der Waals surface area contributed by atoms with Crippen LogP contribution < -0.4 is 10.2 Å². The third kappa shape index (κ3) is 5.16. The fourth-order valence-electron chi connectivity index (χ4n) is 2.25. The second kappa shape index (κ2) is 9.36. The first-order valence-corrected chi connectivity index (χ1v) is 8.91. The molecular weight excluding hydrogens is 351 g/mol. The largest absolute Gasteiger partial charge is 0.491 e. The lowest BCUT2D eigenvalue weighted by Gasteiger charge is -2.30. The summed E-state index contributed by atoms with van der Waals surface area (Å²) >= 11 is 0. The summed E-state index contributed by atoms with van der Waals surface area (Å²) in [5.74, 6) is 1.21. The van der Waals surface area contributed by atoms with Gasteiger partial charge in [0.15, 0.2) is 0 Å². The topological polar surface area (TPSA) is 95.9 Å². The van der Waals surface area contributed by atoms with Crippen LogP contribution in [0.4, 0.5) is 4.39 Å². The van der Waals surface area contributed by atoms with Gasteiger partial charge in [-0.25, -0.2) is 18.3 Å². The summed E-state index contributed by atoms with van der Waals surface area (Å²) in [6.45, 7) is 2.11. The normalized spacial score (nSPS) is 12.7. The number of alkyl halides is 1. The molecule has 0 radical (unpaired) electrons. The van der Waals surface area contributed by atoms with Crippen LogP contribution in [0.25, 0.3) is 0 Å². The molecule has 0 heterocycles. The Kier molecular flexibility index (Phi) is 7.83. The van der Waals surface area contributed by atoms with Gasteiger partial charge >= 0.3 is 0 Å². The Hall–Kier alpha value is -2.15. The maximum absolute atomic E-state index is 12.9. The number of nitrogens with zero attached hydrogens (tertiary/aromatic N) is 1. The summed E-state index contributed by atoms with van der Waals surface area (Å²) in [6.07, 6.45) is 5.26. The van der Waals surface area contributed by atoms with Gasteiger partial charge in [0.1, 0.15) is 25.1 Å². The summed E-state index contributed by atoms with van der Waals surface area (Å²) in [4.78, 5) is 11.8. The zero-order valence-corrected chi connectivity index (χ0v) is 14.8. The zero-order valence-electron chi connectivity index (χ0n) is 14.0. The fraction of sp³-hybridized carbons (Fsp3) is 0.438. The van der Waals surface area contributed by atoms with Crippen molar-refractivity contribution in [2.45, 2.75) is 24.8 Å². The highest BCUT2D eigenvalue weighted by Crippen LogP contribution is 2.24. The van der Waals surface area contributed by atoms with Gasteiger partial charge in [0.05, 0.1) is 11.4 Å². The van der Waals surface area contributed by atoms with E-state index in [4.69, 9.17) is 16.4 Å². The van der Waals surface area contributed by atoms with E-state index in [1.807, 2.05) is 0 Å². The Morgan fingerprint density at radius 1 is 1.40 bits per heavy atom. The van der Waals surface area contributed by atoms with Crippen molar-refractivity contribution in [2.24, 2.45) is 5.92 Å². The first-order valence-electron chi connectivity index (χ1n) is 7.47. The van der Waals surface area contributed by atoms with E-state index in [1.54, 1.807) is 13.8 Å². The number of ether oxygens (including phenoxy) is 1. The van der Waals surface area contributed by atoms with Crippen molar-refractivity contribution in [2.75, 3.05) is 19.8 Å². The third-order valence-electron chi connectivity index (χ3n) is 3.34. The van der Waals surface area contributed by atoms with Crippen LogP contribution in [0.5, 0.6) is 5.75 Å². The van der Waals surface area contributed by atoms with E-state index >= 15 is 0 Å². The molecule has 0 bridgehead atoms. The van der Waals surface area contributed by atoms with Gasteiger partial charge in [-0.15, -0.1) is 6.42 Å². The minimum Gasteiger partial charge on any atom is -0.491 e. The molecule has 25 heavy (non-hydrogen) atoms. The quantitative estimate of drug-likeness (QED) is 0.386. The summed E-state index contributed by atoms with van der Waals surface area (Å²) < 4.78 is 43.8. The summed E-state index contributed by atoms with van der Waals surface area (Å²) in [5, 5.41) is 8.91. The average Bonchev–Trinajstić information content (AvgIpc) is 2.59. The van der Waals surface area contributed by atoms with Gasteiger partial charge in [-0.05, 0) is 30.2 Å². The van der Waals surface area contributed by atoms with E-state index in [9.17, 15) is 17.6 Å². The lowest BCUT2D eigenvalue weighted by molar-refractivity contribution is -0.134. The monoisotopic (exact) mass is 372 g/mol. The minimum atomic E-state index is -4.11. The van der Waals surface area contributed by atoms with Crippen molar-refractivity contribution < 1.29 is 27.5 Å². The Morgan fingerprint density at radius 2 is 2.00 bits per heavy atom. The summed E-state index contributed by atoms with van der Waals surface area (Å²) in [6, 6.07) is 4.13. The molecule has 0 aliphatic carbocycles. The molecule has 0 aliphatic heterocycles. The number of sulfonamides is 1. The zero-order chi connectivity index (χ0) is 19.0. The van der Waals surface area contributed by atoms with Crippen molar-refractivity contribution in [1.82, 2.24) is 9.79 Å². The number of nitrogens with one attached hydrogen (secondary N) is 1. The van der Waals surface area contributed by atoms with E-state index in [1.165, 1.54) is 29.7 Å². The molecule has 0 aliphatic rings. The molecule has 138 valence electrons. The van der Waals surface area contributed by atoms with Crippen LogP contribution in [0.3, 0.4) is 0 Å². The lowest BCUT2D eigenvalue weighted by atomic mass is 10.0. The predicted molar refractivity (Wildman–Crippen MR) is 89.2 cm³/mol. The average molecular weight is 372 g/mol. The van der Waals surface area contributed by atoms with E-state index in [0.29, 0.717) is 5.75 Å². The number of hydrogen-bond acceptors (Lipinski definition) is 5. The number of terminal acetylenes is 1. The van der Waals surface area contributed by atoms with Gasteiger partial charge < -0.3 is 4.74 Å². The van der Waals surface area contributed by atoms with Crippen molar-refractivity contribution in [3.8, 4) is 18.1 Å². The van der Waals surface area contributed by atoms with Crippen LogP contribution in [-0.4, -0.2) is 49.7 Å². The SMILES string of the molecule is C#CCN([C@@H](C(=O)NO)C(C)C)S(=O)(=O)c1ccc(OCCF)cc1. The minimum absolute atomic E-state index is 0.105. The Balaban J connectivity index is 3.24. The van der Waals surface area contributed by atoms with Crippen LogP contribution in [-0.2, 0) is 14.8 Å². The van der Waals surface area contributed by atoms with E-state index in [2.05, 4.69) is 5.92 Å². The van der Waals surface area contributed by atoms with Crippen LogP contribution in [0.2, 0.25) is 0 Å². The molecule has 0 aromatic heterocycles. The number of amides is 1. The van der Waals surface area contributed by atoms with Gasteiger partial charge in [-0.1, -0.05) is 19.8 Å². The molecular formula is C16H21FN2O5S. The van der Waals surface area contributed by atoms with Crippen molar-refractivity contribution in [3.05, 3.63) is 24.3 Å². The number of hydroxylamine groups is 1. The molecule has 0 saturated heterocycles. The van der Waals surface area contributed by atoms with Gasteiger partial charge in [0, 0.05) is 0 Å². The number of rotatable bonds is 9. The summed E-state index contributed by atoms with van der Waals surface area (Å²) in [5.41, 5.74) is 1.47. The van der Waals surface area contributed by atoms with Crippen molar-refractivity contribution in [1.29, 1.82) is 0 Å². The van der Waals surface area contributed by atoms with Crippen molar-refractivity contribution >= 4 is 15.9 Å². The van der Waals surface area contributed by atoms with Gasteiger partial charge in [0.2, 0.25) is 10.0 Å². The second-order valence-corrected chi connectivity index (χ2v) is 7.32. The van der Waals surface area contributed by atoms with Gasteiger partial charge in [-0.3, -0.25) is 10.0 Å². The molecule has 2 N–H and O–H groups in total. The molecule has 0 fully saturated rings. The number of carbonyl (C=O) groups excluding carboxylic acids is 1. The summed E-state index contributed by atoms with van der Waals surface area (Å²) in [7, 11) is -4.11. The highest BCUT2D eigenvalue weighted by Gasteiger charge is 2.37. The van der Waals surface area contributed by atoms with Crippen LogP contribution in [0.15, 0.2) is 29.2 Å². The molecule has 9 heteroatoms. The fourth-order valence-corrected chi connectivity index (χ4v) is 3.89. The molecule has 1 rings (SSSR count). The molecule has 7 nitrogen and oxygen atoms in total. The van der Waals surface area contributed by atoms with E-state index in [0.717, 1.165) is 4.31 Å². The van der Waals surface area contributed by atoms with Gasteiger partial charge in [-0.2, -0.15) is 4.31 Å². The lowest BCUT2D eigenvalue weighted by Crippen LogP contribution is -2.51. The molecule has 0 spiro atoms. The number of carbonyl (C=O) groups is 1. The molecule has 1 amide bonds. The van der Waals surface area contributed by atoms with E-state index in [-0.39, 0.29) is 18.0 Å². The highest BCUT2D eigenvalue weighted by molar-refractivity contribution is 7.89. The second-order valence-electron chi connectivity index (χ2n) is 5.43. The first-order chi connectivity index (χ1) is 11.8. The number of benzene rings is 1. The molecule has 0 saturated carbocycles. The standard InChI is InChI=1S/C16H21FN2O5S/c1-4-10-19(15(12(2)3)16(20)18-21)25(22,23)14-7-5-13(6-8-14)24-11-9-17/h1,5-8,12,15,21H,9-11H2,2-3H3,(H,18,20)/t15-/m1/s1. The maximum Gasteiger partial charge on any atom is 0.262 e. The Labute approximate surface area is 146 Å². The molecule has 0 unspecified atom stereocenters. The van der Waals surface area contributed by atoms with Gasteiger partial charge in [0.25, 0.3) is 5.91 Å². The smallest absolute Gasteiger partial charge is 0.262 e. The predicted octanol–water partition coefficient (Wildman–Crippen LogP) is 1.19. The maximum atomic E-state index is 12.9. The Bertz CT molecular complexity index is 713. The molecule has 1 aromatic carbocycles. The van der Waals surface area contributed by atoms with E-state index < -0.39 is 34.6 Å². The van der Waals surface area contributed by atoms with Crippen LogP contribution >= 0.6 is 0 Å². The highest BCUT2D eigenvalue weighted by atomic mass is 32.2.